The smallest absolute Gasteiger partial charge is 0.162 e. The molecule has 0 bridgehead atoms. The third-order valence-electron chi connectivity index (χ3n) is 5.56. The molecule has 1 atom stereocenters. The fourth-order valence-electron chi connectivity index (χ4n) is 4.33. The Morgan fingerprint density at radius 2 is 2.00 bits per heavy atom. The maximum Gasteiger partial charge on any atom is 0.162 e. The number of rotatable bonds is 5. The second-order valence-corrected chi connectivity index (χ2v) is 9.14. The number of carbonyl (C=O) groups excluding carboxylic acids is 1. The van der Waals surface area contributed by atoms with Gasteiger partial charge in [-0.15, -0.1) is 0 Å². The van der Waals surface area contributed by atoms with Crippen molar-refractivity contribution in [2.45, 2.75) is 32.6 Å². The summed E-state index contributed by atoms with van der Waals surface area (Å²) in [5, 5.41) is 10.7. The third-order valence-corrected chi connectivity index (χ3v) is 6.06. The van der Waals surface area contributed by atoms with Crippen LogP contribution in [0.3, 0.4) is 0 Å². The van der Waals surface area contributed by atoms with E-state index in [0.717, 1.165) is 5.70 Å². The Hall–Kier alpha value is -2.20. The van der Waals surface area contributed by atoms with Gasteiger partial charge in [-0.3, -0.25) is 4.79 Å². The first-order valence-corrected chi connectivity index (χ1v) is 10.4. The third kappa shape index (κ3) is 3.90. The second-order valence-electron chi connectivity index (χ2n) is 8.30. The molecule has 0 radical (unpaired) electrons. The lowest BCUT2D eigenvalue weighted by Crippen LogP contribution is -2.43. The van der Waals surface area contributed by atoms with E-state index in [9.17, 15) is 10.1 Å². The molecule has 160 valence electrons. The van der Waals surface area contributed by atoms with Gasteiger partial charge in [0, 0.05) is 41.9 Å². The van der Waals surface area contributed by atoms with Crippen LogP contribution in [0.5, 0.6) is 5.75 Å². The maximum absolute atomic E-state index is 13.4. The van der Waals surface area contributed by atoms with Crippen molar-refractivity contribution in [3.05, 3.63) is 50.4 Å². The molecule has 2 aliphatic rings. The number of ether oxygens (including phenoxy) is 2. The van der Waals surface area contributed by atoms with Crippen molar-refractivity contribution < 1.29 is 14.3 Å². The van der Waals surface area contributed by atoms with E-state index in [4.69, 9.17) is 38.4 Å². The number of nitrogens with zero attached hydrogens (tertiary/aromatic N) is 2. The number of allylic oxidation sites excluding steroid dienone is 3. The Morgan fingerprint density at radius 3 is 2.60 bits per heavy atom. The van der Waals surface area contributed by atoms with Crippen molar-refractivity contribution in [3.63, 3.8) is 0 Å². The van der Waals surface area contributed by atoms with Gasteiger partial charge >= 0.3 is 0 Å². The monoisotopic (exact) mass is 449 g/mol. The number of methoxy groups -OCH3 is 2. The average molecular weight is 450 g/mol. The number of hydrogen-bond donors (Lipinski definition) is 1. The van der Waals surface area contributed by atoms with E-state index in [2.05, 4.69) is 19.9 Å². The van der Waals surface area contributed by atoms with E-state index >= 15 is 0 Å². The van der Waals surface area contributed by atoms with Gasteiger partial charge in [0.2, 0.25) is 0 Å². The highest BCUT2D eigenvalue weighted by Crippen LogP contribution is 2.51. The van der Waals surface area contributed by atoms with Gasteiger partial charge in [-0.1, -0.05) is 37.0 Å². The zero-order valence-corrected chi connectivity index (χ0v) is 19.0. The first kappa shape index (κ1) is 22.5. The average Bonchev–Trinajstić information content (AvgIpc) is 2.65. The first-order chi connectivity index (χ1) is 14.1. The Bertz CT molecular complexity index is 992. The Labute approximate surface area is 186 Å². The molecule has 1 aliphatic heterocycles. The molecule has 0 spiro atoms. The predicted octanol–water partition coefficient (Wildman–Crippen LogP) is 4.38. The zero-order chi connectivity index (χ0) is 22.2. The van der Waals surface area contributed by atoms with Gasteiger partial charge < -0.3 is 20.1 Å². The van der Waals surface area contributed by atoms with Crippen LogP contribution in [-0.2, 0) is 9.53 Å². The molecule has 1 heterocycles. The van der Waals surface area contributed by atoms with Gasteiger partial charge in [0.25, 0.3) is 0 Å². The normalized spacial score (nSPS) is 20.9. The van der Waals surface area contributed by atoms with Gasteiger partial charge in [-0.25, -0.2) is 0 Å². The minimum absolute atomic E-state index is 0.0212. The maximum atomic E-state index is 13.4. The summed E-state index contributed by atoms with van der Waals surface area (Å²) in [6, 6.07) is 5.47. The molecule has 0 aromatic heterocycles. The van der Waals surface area contributed by atoms with Crippen LogP contribution in [0.2, 0.25) is 10.0 Å². The van der Waals surface area contributed by atoms with E-state index < -0.39 is 5.92 Å². The van der Waals surface area contributed by atoms with E-state index in [1.54, 1.807) is 19.2 Å². The fourth-order valence-corrected chi connectivity index (χ4v) is 4.92. The van der Waals surface area contributed by atoms with E-state index in [1.165, 1.54) is 7.11 Å². The zero-order valence-electron chi connectivity index (χ0n) is 17.5. The summed E-state index contributed by atoms with van der Waals surface area (Å²) < 4.78 is 10.8. The number of carbonyl (C=O) groups is 1. The van der Waals surface area contributed by atoms with Crippen LogP contribution in [0.25, 0.3) is 0 Å². The highest BCUT2D eigenvalue weighted by Gasteiger charge is 2.45. The molecule has 0 fully saturated rings. The lowest BCUT2D eigenvalue weighted by Gasteiger charge is -2.44. The van der Waals surface area contributed by atoms with Crippen molar-refractivity contribution in [2.75, 3.05) is 27.4 Å². The molecular weight excluding hydrogens is 425 g/mol. The van der Waals surface area contributed by atoms with E-state index in [0.29, 0.717) is 58.7 Å². The molecule has 30 heavy (non-hydrogen) atoms. The molecule has 0 amide bonds. The topological polar surface area (TPSA) is 88.6 Å². The fraction of sp³-hybridized carbons (Fsp3) is 0.455. The number of ketones is 1. The van der Waals surface area contributed by atoms with Gasteiger partial charge in [-0.05, 0) is 24.0 Å². The highest BCUT2D eigenvalue weighted by molar-refractivity contribution is 6.35. The minimum Gasteiger partial charge on any atom is -0.495 e. The number of Topliss-reactive ketones (excluding diaryl/α,β-unsaturated/α-hetero) is 1. The van der Waals surface area contributed by atoms with Crippen molar-refractivity contribution in [1.29, 1.82) is 5.26 Å². The van der Waals surface area contributed by atoms with Crippen LogP contribution >= 0.6 is 23.2 Å². The Balaban J connectivity index is 2.32. The molecule has 6 nitrogen and oxygen atoms in total. The summed E-state index contributed by atoms with van der Waals surface area (Å²) in [5.41, 5.74) is 8.45. The summed E-state index contributed by atoms with van der Waals surface area (Å²) in [7, 11) is 3.09. The second kappa shape index (κ2) is 8.50. The van der Waals surface area contributed by atoms with Gasteiger partial charge in [0.05, 0.1) is 36.3 Å². The highest BCUT2D eigenvalue weighted by atomic mass is 35.5. The molecule has 3 rings (SSSR count). The molecule has 1 aromatic rings. The minimum atomic E-state index is -0.696. The van der Waals surface area contributed by atoms with Crippen molar-refractivity contribution >= 4 is 29.0 Å². The van der Waals surface area contributed by atoms with E-state index in [1.807, 2.05) is 4.90 Å². The number of nitriles is 1. The Morgan fingerprint density at radius 1 is 1.30 bits per heavy atom. The van der Waals surface area contributed by atoms with Crippen molar-refractivity contribution in [2.24, 2.45) is 11.1 Å². The lowest BCUT2D eigenvalue weighted by atomic mass is 9.68. The van der Waals surface area contributed by atoms with Crippen LogP contribution in [0, 0.1) is 16.7 Å². The quantitative estimate of drug-likeness (QED) is 0.716. The Kier molecular flexibility index (Phi) is 6.37. The molecule has 0 unspecified atom stereocenters. The van der Waals surface area contributed by atoms with Crippen LogP contribution in [0.4, 0.5) is 0 Å². The molecule has 2 N–H and O–H groups in total. The number of nitrogens with two attached hydrogens (primary N) is 1. The molecule has 0 saturated heterocycles. The predicted molar refractivity (Wildman–Crippen MR) is 116 cm³/mol. The molecule has 8 heteroatoms. The van der Waals surface area contributed by atoms with Crippen LogP contribution in [0.1, 0.15) is 38.2 Å². The first-order valence-electron chi connectivity index (χ1n) is 9.60. The summed E-state index contributed by atoms with van der Waals surface area (Å²) in [5.74, 6) is -0.0333. The number of hydrogen-bond acceptors (Lipinski definition) is 6. The molecular formula is C22H25Cl2N3O3. The number of halogens is 2. The standard InChI is InChI=1S/C22H25Cl2N3O3/c1-22(2)9-16-19(17(28)10-22)18(13-7-12(23)8-15(24)20(13)30-4)14(11-25)21(26)27(16)5-6-29-3/h7-8,18H,5-6,9-10,26H2,1-4H3/t18-/m0/s1. The van der Waals surface area contributed by atoms with Crippen LogP contribution in [0.15, 0.2) is 34.8 Å². The van der Waals surface area contributed by atoms with E-state index in [-0.39, 0.29) is 16.8 Å². The summed E-state index contributed by atoms with van der Waals surface area (Å²) in [4.78, 5) is 15.2. The van der Waals surface area contributed by atoms with Gasteiger partial charge in [0.1, 0.15) is 11.6 Å². The summed E-state index contributed by atoms with van der Waals surface area (Å²) >= 11 is 12.6. The number of benzene rings is 1. The lowest BCUT2D eigenvalue weighted by molar-refractivity contribution is -0.118. The molecule has 1 aromatic carbocycles. The summed E-state index contributed by atoms with van der Waals surface area (Å²) in [6.07, 6.45) is 1.01. The van der Waals surface area contributed by atoms with Crippen molar-refractivity contribution in [3.8, 4) is 11.8 Å². The molecule has 1 aliphatic carbocycles. The largest absolute Gasteiger partial charge is 0.495 e. The van der Waals surface area contributed by atoms with Gasteiger partial charge in [-0.2, -0.15) is 5.26 Å². The van der Waals surface area contributed by atoms with Crippen LogP contribution in [-0.4, -0.2) is 38.1 Å². The van der Waals surface area contributed by atoms with Crippen LogP contribution < -0.4 is 10.5 Å². The molecule has 0 saturated carbocycles. The summed E-state index contributed by atoms with van der Waals surface area (Å²) in [6.45, 7) is 4.95. The van der Waals surface area contributed by atoms with Gasteiger partial charge in [0.15, 0.2) is 5.78 Å². The SMILES string of the molecule is COCCN1C(N)=C(C#N)[C@H](c2cc(Cl)cc(Cl)c2OC)C2=C1CC(C)(C)CC2=O. The van der Waals surface area contributed by atoms with Crippen molar-refractivity contribution in [1.82, 2.24) is 4.90 Å².